The van der Waals surface area contributed by atoms with Crippen molar-refractivity contribution in [1.82, 2.24) is 10.6 Å². The Labute approximate surface area is 218 Å². The normalized spacial score (nSPS) is 19.8. The van der Waals surface area contributed by atoms with Gasteiger partial charge in [0.05, 0.1) is 23.2 Å². The molecule has 0 aromatic heterocycles. The van der Waals surface area contributed by atoms with Gasteiger partial charge >= 0.3 is 0 Å². The van der Waals surface area contributed by atoms with E-state index in [4.69, 9.17) is 0 Å². The molecular weight excluding hydrogens is 490 g/mol. The van der Waals surface area contributed by atoms with Gasteiger partial charge in [-0.05, 0) is 43.4 Å². The average Bonchev–Trinajstić information content (AvgIpc) is 2.89. The third-order valence-electron chi connectivity index (χ3n) is 7.34. The quantitative estimate of drug-likeness (QED) is 0.548. The number of anilines is 1. The first-order chi connectivity index (χ1) is 17.7. The molecule has 2 aromatic carbocycles. The summed E-state index contributed by atoms with van der Waals surface area (Å²) in [6.45, 7) is 0.438. The maximum atomic E-state index is 13.5. The molecule has 198 valence electrons. The molecule has 0 spiro atoms. The molecule has 0 bridgehead atoms. The predicted molar refractivity (Wildman–Crippen MR) is 142 cm³/mol. The minimum atomic E-state index is -3.45. The average molecular weight is 526 g/mol. The Morgan fingerprint density at radius 3 is 2.35 bits per heavy atom. The number of hydrogen-bond donors (Lipinski definition) is 2. The molecule has 2 aromatic rings. The lowest BCUT2D eigenvalue weighted by molar-refractivity contribution is -0.137. The van der Waals surface area contributed by atoms with E-state index in [1.54, 1.807) is 23.1 Å². The summed E-state index contributed by atoms with van der Waals surface area (Å²) in [6.07, 6.45) is 6.16. The second kappa shape index (κ2) is 11.5. The molecule has 1 saturated heterocycles. The first-order valence-corrected chi connectivity index (χ1v) is 14.8. The Morgan fingerprint density at radius 1 is 1.00 bits per heavy atom. The summed E-state index contributed by atoms with van der Waals surface area (Å²) in [7, 11) is -3.45. The van der Waals surface area contributed by atoms with Gasteiger partial charge in [-0.2, -0.15) is 0 Å². The molecule has 1 atom stereocenters. The second-order valence-electron chi connectivity index (χ2n) is 10.1. The van der Waals surface area contributed by atoms with Gasteiger partial charge in [-0.15, -0.1) is 0 Å². The van der Waals surface area contributed by atoms with E-state index in [2.05, 4.69) is 10.6 Å². The molecule has 0 radical (unpaired) electrons. The molecule has 1 saturated carbocycles. The van der Waals surface area contributed by atoms with Crippen molar-refractivity contribution in [2.45, 2.75) is 67.8 Å². The molecule has 8 nitrogen and oxygen atoms in total. The van der Waals surface area contributed by atoms with Crippen molar-refractivity contribution in [3.63, 3.8) is 0 Å². The molecule has 37 heavy (non-hydrogen) atoms. The first-order valence-electron chi connectivity index (χ1n) is 12.9. The molecule has 2 N–H and O–H groups in total. The number of ketones is 1. The van der Waals surface area contributed by atoms with Crippen LogP contribution in [0.1, 0.15) is 50.5 Å². The van der Waals surface area contributed by atoms with Gasteiger partial charge in [-0.1, -0.05) is 61.7 Å². The van der Waals surface area contributed by atoms with E-state index in [-0.39, 0.29) is 35.5 Å². The summed E-state index contributed by atoms with van der Waals surface area (Å²) in [5.74, 6) is -0.646. The molecule has 1 aliphatic heterocycles. The number of Topliss-reactive ketones (excluding diaryl/α,β-unsaturated/α-hetero) is 1. The Balaban J connectivity index is 1.40. The van der Waals surface area contributed by atoms with E-state index in [9.17, 15) is 22.8 Å². The van der Waals surface area contributed by atoms with Gasteiger partial charge < -0.3 is 15.5 Å². The molecular formula is C28H35N3O5S. The number of carbonyl (C=O) groups excluding carboxylic acids is 3. The van der Waals surface area contributed by atoms with E-state index < -0.39 is 21.4 Å². The van der Waals surface area contributed by atoms with Crippen LogP contribution in [0.3, 0.4) is 0 Å². The summed E-state index contributed by atoms with van der Waals surface area (Å²) < 4.78 is 24.4. The van der Waals surface area contributed by atoms with Crippen LogP contribution in [0.4, 0.5) is 5.69 Å². The summed E-state index contributed by atoms with van der Waals surface area (Å²) in [6, 6.07) is 15.7. The van der Waals surface area contributed by atoms with Crippen molar-refractivity contribution < 1.29 is 22.8 Å². The van der Waals surface area contributed by atoms with Crippen molar-refractivity contribution in [3.05, 3.63) is 60.2 Å². The zero-order chi connectivity index (χ0) is 26.5. The van der Waals surface area contributed by atoms with E-state index in [1.807, 2.05) is 30.3 Å². The number of nitrogens with zero attached hydrogens (tertiary/aromatic N) is 1. The van der Waals surface area contributed by atoms with Crippen molar-refractivity contribution in [2.75, 3.05) is 24.2 Å². The van der Waals surface area contributed by atoms with Crippen LogP contribution in [-0.2, 0) is 30.6 Å². The second-order valence-corrected chi connectivity index (χ2v) is 12.1. The van der Waals surface area contributed by atoms with Crippen LogP contribution in [-0.4, -0.2) is 56.9 Å². The lowest BCUT2D eigenvalue weighted by Gasteiger charge is -2.39. The van der Waals surface area contributed by atoms with E-state index in [1.165, 1.54) is 6.07 Å². The number of hydrogen-bond acceptors (Lipinski definition) is 6. The maximum absolute atomic E-state index is 13.5. The van der Waals surface area contributed by atoms with Crippen LogP contribution in [0.2, 0.25) is 0 Å². The zero-order valence-corrected chi connectivity index (χ0v) is 22.1. The molecule has 1 aliphatic carbocycles. The van der Waals surface area contributed by atoms with Gasteiger partial charge in [0.2, 0.25) is 11.8 Å². The monoisotopic (exact) mass is 525 g/mol. The Kier molecular flexibility index (Phi) is 8.32. The van der Waals surface area contributed by atoms with Crippen LogP contribution < -0.4 is 15.5 Å². The third kappa shape index (κ3) is 6.57. The number of benzene rings is 2. The van der Waals surface area contributed by atoms with Gasteiger partial charge in [-0.3, -0.25) is 14.4 Å². The van der Waals surface area contributed by atoms with Gasteiger partial charge in [0.25, 0.3) is 0 Å². The minimum Gasteiger partial charge on any atom is -0.363 e. The highest BCUT2D eigenvalue weighted by atomic mass is 32.2. The summed E-state index contributed by atoms with van der Waals surface area (Å²) in [5.41, 5.74) is 0.555. The van der Waals surface area contributed by atoms with Crippen molar-refractivity contribution in [2.24, 2.45) is 0 Å². The number of nitrogens with one attached hydrogen (secondary N) is 2. The summed E-state index contributed by atoms with van der Waals surface area (Å²) in [5, 5.41) is 5.95. The fraction of sp³-hybridized carbons (Fsp3) is 0.464. The third-order valence-corrected chi connectivity index (χ3v) is 8.48. The zero-order valence-electron chi connectivity index (χ0n) is 21.2. The number of piperidine rings is 1. The van der Waals surface area contributed by atoms with Gasteiger partial charge in [-0.25, -0.2) is 8.42 Å². The number of aryl methyl sites for hydroxylation is 1. The molecule has 2 aliphatic rings. The van der Waals surface area contributed by atoms with E-state index >= 15 is 0 Å². The highest BCUT2D eigenvalue weighted by molar-refractivity contribution is 7.90. The Morgan fingerprint density at radius 2 is 1.68 bits per heavy atom. The maximum Gasteiger partial charge on any atom is 0.246 e. The molecule has 4 rings (SSSR count). The summed E-state index contributed by atoms with van der Waals surface area (Å²) >= 11 is 0. The minimum absolute atomic E-state index is 0.00785. The number of rotatable bonds is 8. The van der Waals surface area contributed by atoms with Crippen LogP contribution in [0.25, 0.3) is 0 Å². The molecule has 1 unspecified atom stereocenters. The highest BCUT2D eigenvalue weighted by Gasteiger charge is 2.42. The Bertz CT molecular complexity index is 1240. The molecule has 2 fully saturated rings. The summed E-state index contributed by atoms with van der Waals surface area (Å²) in [4.78, 5) is 41.3. The number of para-hydroxylation sites is 1. The Hall–Kier alpha value is -3.20. The predicted octanol–water partition coefficient (Wildman–Crippen LogP) is 2.81. The standard InChI is InChI=1S/C28H35N3O5S/c1-37(35,36)25-13-7-6-12-23(25)31-19-16-22(24(32)20-31)29-27(34)28(17-8-3-9-18-28)30-26(33)15-14-21-10-4-2-5-11-21/h2,4-7,10-13,22H,3,8-9,14-20H2,1H3,(H,29,34)(H,30,33). The lowest BCUT2D eigenvalue weighted by Crippen LogP contribution is -2.63. The fourth-order valence-electron chi connectivity index (χ4n) is 5.31. The van der Waals surface area contributed by atoms with Gasteiger partial charge in [0, 0.05) is 19.2 Å². The highest BCUT2D eigenvalue weighted by Crippen LogP contribution is 2.30. The molecule has 2 amide bonds. The van der Waals surface area contributed by atoms with Crippen LogP contribution in [0.5, 0.6) is 0 Å². The van der Waals surface area contributed by atoms with Crippen molar-refractivity contribution in [1.29, 1.82) is 0 Å². The fourth-order valence-corrected chi connectivity index (χ4v) is 6.21. The topological polar surface area (TPSA) is 113 Å². The van der Waals surface area contributed by atoms with Gasteiger partial charge in [0.15, 0.2) is 15.6 Å². The van der Waals surface area contributed by atoms with Crippen molar-refractivity contribution in [3.8, 4) is 0 Å². The molecule has 1 heterocycles. The largest absolute Gasteiger partial charge is 0.363 e. The molecule has 9 heteroatoms. The van der Waals surface area contributed by atoms with E-state index in [0.717, 1.165) is 31.1 Å². The van der Waals surface area contributed by atoms with Crippen LogP contribution in [0.15, 0.2) is 59.5 Å². The SMILES string of the molecule is CS(=O)(=O)c1ccccc1N1CCC(NC(=O)C2(NC(=O)CCc3ccccc3)CCCCC2)C(=O)C1. The lowest BCUT2D eigenvalue weighted by atomic mass is 9.80. The first kappa shape index (κ1) is 26.9. The number of carbonyl (C=O) groups is 3. The smallest absolute Gasteiger partial charge is 0.246 e. The van der Waals surface area contributed by atoms with Gasteiger partial charge in [0.1, 0.15) is 5.54 Å². The number of amides is 2. The van der Waals surface area contributed by atoms with Crippen LogP contribution in [0, 0.1) is 0 Å². The van der Waals surface area contributed by atoms with Crippen LogP contribution >= 0.6 is 0 Å². The van der Waals surface area contributed by atoms with Crippen molar-refractivity contribution >= 4 is 33.1 Å². The number of sulfone groups is 1. The van der Waals surface area contributed by atoms with E-state index in [0.29, 0.717) is 37.9 Å².